The summed E-state index contributed by atoms with van der Waals surface area (Å²) in [7, 11) is -4.01. The zero-order valence-electron chi connectivity index (χ0n) is 20.7. The van der Waals surface area contributed by atoms with Gasteiger partial charge in [-0.15, -0.1) is 0 Å². The Bertz CT molecular complexity index is 1670. The van der Waals surface area contributed by atoms with Gasteiger partial charge in [0, 0.05) is 17.6 Å². The number of hydrogen-bond acceptors (Lipinski definition) is 4. The summed E-state index contributed by atoms with van der Waals surface area (Å²) in [5.41, 5.74) is -2.57. The maximum Gasteiger partial charge on any atom is 0.416 e. The van der Waals surface area contributed by atoms with E-state index in [2.05, 4.69) is 0 Å². The Kier molecular flexibility index (Phi) is 7.19. The molecule has 0 bridgehead atoms. The van der Waals surface area contributed by atoms with E-state index in [1.165, 1.54) is 37.3 Å². The average Bonchev–Trinajstić information content (AvgIpc) is 2.87. The summed E-state index contributed by atoms with van der Waals surface area (Å²) in [6.45, 7) is 1.40. The van der Waals surface area contributed by atoms with Crippen LogP contribution in [-0.4, -0.2) is 20.7 Å². The maximum absolute atomic E-state index is 14.0. The highest BCUT2D eigenvalue weighted by Gasteiger charge is 2.40. The Hall–Kier alpha value is -4.31. The molecule has 1 aliphatic rings. The van der Waals surface area contributed by atoms with Gasteiger partial charge in [-0.2, -0.15) is 31.6 Å². The monoisotopic (exact) mass is 579 g/mol. The van der Waals surface area contributed by atoms with Crippen molar-refractivity contribution in [2.75, 3.05) is 16.1 Å². The van der Waals surface area contributed by atoms with E-state index in [4.69, 9.17) is 0 Å². The first kappa shape index (κ1) is 28.7. The third-order valence-corrected chi connectivity index (χ3v) is 7.32. The molecule has 0 fully saturated rings. The average molecular weight is 580 g/mol. The molecule has 0 spiro atoms. The lowest BCUT2D eigenvalue weighted by molar-refractivity contribution is -0.138. The molecule has 0 N–H and O–H groups in total. The number of rotatable bonds is 4. The molecule has 0 aliphatic carbocycles. The molecule has 1 atom stereocenters. The molecule has 0 aromatic heterocycles. The van der Waals surface area contributed by atoms with E-state index in [1.807, 2.05) is 6.07 Å². The molecular formula is C27H19F6N3O3S. The van der Waals surface area contributed by atoms with Crippen LogP contribution in [0.5, 0.6) is 0 Å². The fourth-order valence-corrected chi connectivity index (χ4v) is 5.35. The summed E-state index contributed by atoms with van der Waals surface area (Å²) in [4.78, 5) is 15.4. The van der Waals surface area contributed by atoms with E-state index >= 15 is 0 Å². The molecule has 3 aromatic carbocycles. The molecule has 0 saturated carbocycles. The number of carbonyl (C=O) groups is 1. The molecule has 6 nitrogen and oxygen atoms in total. The maximum atomic E-state index is 14.0. The van der Waals surface area contributed by atoms with Gasteiger partial charge in [0.25, 0.3) is 0 Å². The van der Waals surface area contributed by atoms with Gasteiger partial charge in [0.05, 0.1) is 39.4 Å². The van der Waals surface area contributed by atoms with E-state index < -0.39 is 45.4 Å². The standard InChI is InChI=1S/C27H19F6N3O3S/c1-16-11-23(22-10-9-17(15-34)12-24(22)40(2,38)39)36(21-8-4-6-19(14-21)27(31,32)33)25(37)35(16)20-7-3-5-18(13-20)26(28,29)30/h3-14,23H,1-2H3/t23-/m0/s1. The highest BCUT2D eigenvalue weighted by atomic mass is 32.2. The van der Waals surface area contributed by atoms with Gasteiger partial charge >= 0.3 is 18.4 Å². The molecule has 13 heteroatoms. The van der Waals surface area contributed by atoms with Crippen LogP contribution in [-0.2, 0) is 22.2 Å². The van der Waals surface area contributed by atoms with Crippen molar-refractivity contribution in [2.24, 2.45) is 0 Å². The van der Waals surface area contributed by atoms with Crippen molar-refractivity contribution in [3.05, 3.63) is 101 Å². The second-order valence-electron chi connectivity index (χ2n) is 8.97. The van der Waals surface area contributed by atoms with Crippen LogP contribution >= 0.6 is 0 Å². The second-order valence-corrected chi connectivity index (χ2v) is 11.0. The summed E-state index contributed by atoms with van der Waals surface area (Å²) < 4.78 is 106. The van der Waals surface area contributed by atoms with Crippen LogP contribution in [0, 0.1) is 11.3 Å². The molecule has 40 heavy (non-hydrogen) atoms. The molecule has 3 aromatic rings. The Labute approximate surface area is 225 Å². The van der Waals surface area contributed by atoms with Crippen LogP contribution in [0.3, 0.4) is 0 Å². The molecule has 0 radical (unpaired) electrons. The van der Waals surface area contributed by atoms with Crippen molar-refractivity contribution < 1.29 is 39.6 Å². The smallest absolute Gasteiger partial charge is 0.283 e. The van der Waals surface area contributed by atoms with Crippen molar-refractivity contribution >= 4 is 27.2 Å². The van der Waals surface area contributed by atoms with E-state index in [9.17, 15) is 44.8 Å². The van der Waals surface area contributed by atoms with Gasteiger partial charge in [0.1, 0.15) is 0 Å². The molecule has 0 saturated heterocycles. The normalized spacial score (nSPS) is 16.5. The Morgan fingerprint density at radius 2 is 1.40 bits per heavy atom. The number of nitrogens with zero attached hydrogens (tertiary/aromatic N) is 3. The van der Waals surface area contributed by atoms with Crippen LogP contribution in [0.4, 0.5) is 42.5 Å². The molecule has 2 amide bonds. The lowest BCUT2D eigenvalue weighted by Crippen LogP contribution is -2.48. The Morgan fingerprint density at radius 3 is 1.93 bits per heavy atom. The molecular weight excluding hydrogens is 560 g/mol. The van der Waals surface area contributed by atoms with E-state index in [-0.39, 0.29) is 33.1 Å². The summed E-state index contributed by atoms with van der Waals surface area (Å²) in [5, 5.41) is 9.28. The zero-order chi connectivity index (χ0) is 29.6. The summed E-state index contributed by atoms with van der Waals surface area (Å²) >= 11 is 0. The van der Waals surface area contributed by atoms with Crippen molar-refractivity contribution in [1.29, 1.82) is 5.26 Å². The number of benzene rings is 3. The molecule has 4 rings (SSSR count). The first-order valence-corrected chi connectivity index (χ1v) is 13.3. The Balaban J connectivity index is 1.99. The van der Waals surface area contributed by atoms with E-state index in [1.54, 1.807) is 0 Å². The number of anilines is 2. The highest BCUT2D eigenvalue weighted by Crippen LogP contribution is 2.42. The number of halogens is 6. The third-order valence-electron chi connectivity index (χ3n) is 6.17. The van der Waals surface area contributed by atoms with Gasteiger partial charge in [-0.3, -0.25) is 9.80 Å². The predicted octanol–water partition coefficient (Wildman–Crippen LogP) is 7.09. The number of sulfone groups is 1. The molecule has 0 unspecified atom stereocenters. The topological polar surface area (TPSA) is 81.5 Å². The van der Waals surface area contributed by atoms with E-state index in [0.29, 0.717) is 6.07 Å². The number of nitriles is 1. The third kappa shape index (κ3) is 5.53. The lowest BCUT2D eigenvalue weighted by Gasteiger charge is -2.41. The van der Waals surface area contributed by atoms with Crippen LogP contribution in [0.2, 0.25) is 0 Å². The van der Waals surface area contributed by atoms with Crippen LogP contribution in [0.25, 0.3) is 0 Å². The van der Waals surface area contributed by atoms with Gasteiger partial charge in [0.2, 0.25) is 0 Å². The fraction of sp³-hybridized carbons (Fsp3) is 0.185. The van der Waals surface area contributed by atoms with Crippen LogP contribution in [0.15, 0.2) is 83.4 Å². The first-order chi connectivity index (χ1) is 18.5. The minimum Gasteiger partial charge on any atom is -0.283 e. The summed E-state index contributed by atoms with van der Waals surface area (Å²) in [6, 6.07) is 10.7. The first-order valence-electron chi connectivity index (χ1n) is 11.4. The van der Waals surface area contributed by atoms with Crippen molar-refractivity contribution in [1.82, 2.24) is 0 Å². The largest absolute Gasteiger partial charge is 0.416 e. The van der Waals surface area contributed by atoms with E-state index in [0.717, 1.165) is 52.5 Å². The quantitative estimate of drug-likeness (QED) is 0.309. The predicted molar refractivity (Wildman–Crippen MR) is 134 cm³/mol. The number of alkyl halides is 6. The summed E-state index contributed by atoms with van der Waals surface area (Å²) in [6.07, 6.45) is -7.29. The van der Waals surface area contributed by atoms with Crippen LogP contribution in [0.1, 0.15) is 35.2 Å². The SMILES string of the molecule is CC1=C[C@@H](c2ccc(C#N)cc2S(C)(=O)=O)N(c2cccc(C(F)(F)F)c2)C(=O)N1c1cccc(C(F)(F)F)c1. The van der Waals surface area contributed by atoms with Gasteiger partial charge < -0.3 is 0 Å². The molecule has 208 valence electrons. The van der Waals surface area contributed by atoms with Gasteiger partial charge in [-0.1, -0.05) is 18.2 Å². The Morgan fingerprint density at radius 1 is 0.850 bits per heavy atom. The fourth-order valence-electron chi connectivity index (χ4n) is 4.39. The van der Waals surface area contributed by atoms with Crippen LogP contribution < -0.4 is 9.80 Å². The van der Waals surface area contributed by atoms with Crippen molar-refractivity contribution in [3.63, 3.8) is 0 Å². The number of hydrogen-bond donors (Lipinski definition) is 0. The highest BCUT2D eigenvalue weighted by molar-refractivity contribution is 7.90. The van der Waals surface area contributed by atoms with Gasteiger partial charge in [-0.25, -0.2) is 13.2 Å². The minimum atomic E-state index is -4.79. The number of amides is 2. The molecule has 1 heterocycles. The lowest BCUT2D eigenvalue weighted by atomic mass is 9.98. The second kappa shape index (κ2) is 10.0. The van der Waals surface area contributed by atoms with Gasteiger partial charge in [-0.05, 0) is 67.1 Å². The van der Waals surface area contributed by atoms with Gasteiger partial charge in [0.15, 0.2) is 9.84 Å². The van der Waals surface area contributed by atoms with Crippen molar-refractivity contribution in [2.45, 2.75) is 30.2 Å². The van der Waals surface area contributed by atoms with Crippen molar-refractivity contribution in [3.8, 4) is 6.07 Å². The zero-order valence-corrected chi connectivity index (χ0v) is 21.6. The molecule has 1 aliphatic heterocycles. The minimum absolute atomic E-state index is 0.0109. The summed E-state index contributed by atoms with van der Waals surface area (Å²) in [5.74, 6) is 0. The number of carbonyl (C=O) groups excluding carboxylic acids is 1. The number of allylic oxidation sites excluding steroid dienone is 1. The number of urea groups is 1.